The van der Waals surface area contributed by atoms with Gasteiger partial charge in [-0.05, 0) is 19.3 Å². The summed E-state index contributed by atoms with van der Waals surface area (Å²) in [5.74, 6) is 6.53. The smallest absolute Gasteiger partial charge is 0.112 e. The Morgan fingerprint density at radius 2 is 1.82 bits per heavy atom. The number of allylic oxidation sites excluding steroid dienone is 1. The maximum atomic E-state index is 5.97. The number of hydrogen-bond acceptors (Lipinski definition) is 5. The van der Waals surface area contributed by atoms with Crippen LogP contribution in [-0.4, -0.2) is 45.3 Å². The van der Waals surface area contributed by atoms with E-state index in [0.29, 0.717) is 32.2 Å². The minimum absolute atomic E-state index is 0.582. The number of hydrogen-bond donors (Lipinski definition) is 2. The molecule has 1 radical (unpaired) electrons. The van der Waals surface area contributed by atoms with Gasteiger partial charge in [0.05, 0.1) is 26.4 Å². The molecule has 0 aromatic rings. The van der Waals surface area contributed by atoms with E-state index in [1.165, 1.54) is 6.42 Å². The Morgan fingerprint density at radius 1 is 1.14 bits per heavy atom. The molecule has 0 aromatic carbocycles. The average Bonchev–Trinajstić information content (AvgIpc) is 2.45. The van der Waals surface area contributed by atoms with E-state index in [4.69, 9.17) is 21.1 Å². The third-order valence-corrected chi connectivity index (χ3v) is 3.10. The molecule has 0 amide bonds. The van der Waals surface area contributed by atoms with Crippen LogP contribution in [0.3, 0.4) is 0 Å². The Labute approximate surface area is 137 Å². The summed E-state index contributed by atoms with van der Waals surface area (Å²) in [6.07, 6.45) is 7.18. The van der Waals surface area contributed by atoms with E-state index in [-0.39, 0.29) is 0 Å². The standard InChI is InChI=1S/C16H35BN3O2/c1-4-10-21-12-13-22-11-9-20(19)14-16(18)7-5-6-8-17-15(2)3/h14-15H,4-13,18-19H2,1-3H3/b16-14-. The average molecular weight is 312 g/mol. The maximum absolute atomic E-state index is 5.97. The Kier molecular flexibility index (Phi) is 14.7. The van der Waals surface area contributed by atoms with E-state index >= 15 is 0 Å². The van der Waals surface area contributed by atoms with Crippen molar-refractivity contribution in [3.05, 3.63) is 11.9 Å². The molecule has 0 bridgehead atoms. The quantitative estimate of drug-likeness (QED) is 0.210. The Balaban J connectivity index is 3.51. The largest absolute Gasteiger partial charge is 0.401 e. The second kappa shape index (κ2) is 15.2. The number of rotatable bonds is 15. The minimum Gasteiger partial charge on any atom is -0.401 e. The van der Waals surface area contributed by atoms with Crippen LogP contribution in [0.5, 0.6) is 0 Å². The summed E-state index contributed by atoms with van der Waals surface area (Å²) < 4.78 is 10.8. The van der Waals surface area contributed by atoms with Crippen molar-refractivity contribution in [3.63, 3.8) is 0 Å². The molecule has 0 unspecified atom stereocenters. The monoisotopic (exact) mass is 312 g/mol. The van der Waals surface area contributed by atoms with Gasteiger partial charge < -0.3 is 20.2 Å². The van der Waals surface area contributed by atoms with Gasteiger partial charge in [-0.1, -0.05) is 39.3 Å². The van der Waals surface area contributed by atoms with E-state index in [0.717, 1.165) is 37.9 Å². The fourth-order valence-electron chi connectivity index (χ4n) is 1.90. The lowest BCUT2D eigenvalue weighted by Gasteiger charge is -2.15. The van der Waals surface area contributed by atoms with Gasteiger partial charge in [0.25, 0.3) is 0 Å². The van der Waals surface area contributed by atoms with E-state index in [1.54, 1.807) is 5.01 Å². The Morgan fingerprint density at radius 3 is 2.45 bits per heavy atom. The molecule has 0 saturated heterocycles. The number of unbranched alkanes of at least 4 members (excludes halogenated alkanes) is 1. The molecule has 129 valence electrons. The highest BCUT2D eigenvalue weighted by atomic mass is 16.5. The molecular formula is C16H35BN3O2. The van der Waals surface area contributed by atoms with Gasteiger partial charge in [-0.2, -0.15) is 0 Å². The summed E-state index contributed by atoms with van der Waals surface area (Å²) in [6, 6.07) is 0. The van der Waals surface area contributed by atoms with Gasteiger partial charge >= 0.3 is 0 Å². The predicted octanol–water partition coefficient (Wildman–Crippen LogP) is 2.53. The van der Waals surface area contributed by atoms with Crippen molar-refractivity contribution in [2.45, 2.75) is 58.6 Å². The van der Waals surface area contributed by atoms with Crippen LogP contribution in [0.25, 0.3) is 0 Å². The van der Waals surface area contributed by atoms with E-state index in [9.17, 15) is 0 Å². The molecule has 4 N–H and O–H groups in total. The molecular weight excluding hydrogens is 277 g/mol. The van der Waals surface area contributed by atoms with Gasteiger partial charge in [0.1, 0.15) is 7.28 Å². The summed E-state index contributed by atoms with van der Waals surface area (Å²) in [6.45, 7) is 9.77. The normalized spacial score (nSPS) is 12.0. The van der Waals surface area contributed by atoms with Crippen LogP contribution >= 0.6 is 0 Å². The predicted molar refractivity (Wildman–Crippen MR) is 94.6 cm³/mol. The molecule has 0 spiro atoms. The van der Waals surface area contributed by atoms with Gasteiger partial charge in [-0.15, -0.1) is 0 Å². The highest BCUT2D eigenvalue weighted by Crippen LogP contribution is 2.08. The molecule has 0 aliphatic rings. The summed E-state index contributed by atoms with van der Waals surface area (Å²) >= 11 is 0. The summed E-state index contributed by atoms with van der Waals surface area (Å²) in [4.78, 5) is 0. The lowest BCUT2D eigenvalue weighted by atomic mass is 9.63. The first-order chi connectivity index (χ1) is 10.6. The molecule has 0 atom stereocenters. The van der Waals surface area contributed by atoms with Gasteiger partial charge in [0.15, 0.2) is 0 Å². The number of nitrogens with two attached hydrogens (primary N) is 2. The number of hydrazine groups is 1. The van der Waals surface area contributed by atoms with Crippen molar-refractivity contribution in [1.29, 1.82) is 0 Å². The lowest BCUT2D eigenvalue weighted by molar-refractivity contribution is 0.0426. The number of ether oxygens (including phenoxy) is 2. The highest BCUT2D eigenvalue weighted by molar-refractivity contribution is 6.37. The molecule has 0 aromatic heterocycles. The lowest BCUT2D eigenvalue weighted by Crippen LogP contribution is -2.30. The molecule has 6 heteroatoms. The van der Waals surface area contributed by atoms with Crippen LogP contribution in [0.4, 0.5) is 0 Å². The first kappa shape index (κ1) is 21.3. The van der Waals surface area contributed by atoms with Crippen LogP contribution in [0.1, 0.15) is 46.5 Å². The molecule has 0 rings (SSSR count). The molecule has 0 aliphatic heterocycles. The van der Waals surface area contributed by atoms with E-state index in [2.05, 4.69) is 28.1 Å². The van der Waals surface area contributed by atoms with Gasteiger partial charge in [0.2, 0.25) is 0 Å². The Hall–Kier alpha value is -0.715. The summed E-state index contributed by atoms with van der Waals surface area (Å²) in [5.41, 5.74) is 6.80. The Bertz CT molecular complexity index is 276. The fourth-order valence-corrected chi connectivity index (χ4v) is 1.90. The molecule has 0 aliphatic carbocycles. The van der Waals surface area contributed by atoms with Gasteiger partial charge in [0, 0.05) is 18.5 Å². The van der Waals surface area contributed by atoms with Crippen LogP contribution in [0, 0.1) is 0 Å². The molecule has 0 saturated carbocycles. The van der Waals surface area contributed by atoms with Crippen LogP contribution in [-0.2, 0) is 9.47 Å². The minimum atomic E-state index is 0.582. The molecule has 5 nitrogen and oxygen atoms in total. The van der Waals surface area contributed by atoms with Crippen LogP contribution in [0.2, 0.25) is 12.1 Å². The summed E-state index contributed by atoms with van der Waals surface area (Å²) in [5, 5.41) is 1.60. The van der Waals surface area contributed by atoms with Crippen molar-refractivity contribution < 1.29 is 9.47 Å². The van der Waals surface area contributed by atoms with Crippen molar-refractivity contribution in [3.8, 4) is 0 Å². The first-order valence-corrected chi connectivity index (χ1v) is 8.52. The maximum Gasteiger partial charge on any atom is 0.112 e. The number of nitrogens with zero attached hydrogens (tertiary/aromatic N) is 1. The topological polar surface area (TPSA) is 73.7 Å². The fraction of sp³-hybridized carbons (Fsp3) is 0.875. The SMILES string of the molecule is CCCOCCOCCN(N)/C=C(\N)CCCC[B]C(C)C. The van der Waals surface area contributed by atoms with Gasteiger partial charge in [-0.25, -0.2) is 5.84 Å². The third kappa shape index (κ3) is 15.7. The second-order valence-electron chi connectivity index (χ2n) is 5.89. The van der Waals surface area contributed by atoms with Crippen molar-refractivity contribution in [2.75, 3.05) is 33.0 Å². The molecule has 0 fully saturated rings. The van der Waals surface area contributed by atoms with Crippen LogP contribution in [0.15, 0.2) is 11.9 Å². The highest BCUT2D eigenvalue weighted by Gasteiger charge is 1.99. The van der Waals surface area contributed by atoms with Crippen LogP contribution < -0.4 is 11.6 Å². The van der Waals surface area contributed by atoms with E-state index in [1.807, 2.05) is 6.20 Å². The third-order valence-electron chi connectivity index (χ3n) is 3.10. The van der Waals surface area contributed by atoms with Crippen molar-refractivity contribution >= 4 is 7.28 Å². The summed E-state index contributed by atoms with van der Waals surface area (Å²) in [7, 11) is 2.34. The first-order valence-electron chi connectivity index (χ1n) is 8.52. The van der Waals surface area contributed by atoms with Gasteiger partial charge in [-0.3, -0.25) is 0 Å². The van der Waals surface area contributed by atoms with E-state index < -0.39 is 0 Å². The molecule has 0 heterocycles. The van der Waals surface area contributed by atoms with Crippen molar-refractivity contribution in [2.24, 2.45) is 11.6 Å². The zero-order valence-electron chi connectivity index (χ0n) is 14.7. The zero-order chi connectivity index (χ0) is 16.6. The second-order valence-corrected chi connectivity index (χ2v) is 5.89. The zero-order valence-corrected chi connectivity index (χ0v) is 14.7. The van der Waals surface area contributed by atoms with Crippen molar-refractivity contribution in [1.82, 2.24) is 5.01 Å². The molecule has 22 heavy (non-hydrogen) atoms.